The summed E-state index contributed by atoms with van der Waals surface area (Å²) < 4.78 is 0. The second-order valence-corrected chi connectivity index (χ2v) is 5.25. The molecule has 2 heterocycles. The van der Waals surface area contributed by atoms with Crippen LogP contribution in [-0.4, -0.2) is 58.5 Å². The van der Waals surface area contributed by atoms with Crippen LogP contribution in [0.4, 0.5) is 11.9 Å². The molecule has 104 valence electrons. The highest BCUT2D eigenvalue weighted by Gasteiger charge is 2.42. The second kappa shape index (κ2) is 4.80. The summed E-state index contributed by atoms with van der Waals surface area (Å²) in [6.07, 6.45) is 0. The predicted molar refractivity (Wildman–Crippen MR) is 73.4 cm³/mol. The minimum atomic E-state index is -0.706. The molecule has 1 aromatic rings. The van der Waals surface area contributed by atoms with Crippen molar-refractivity contribution in [2.45, 2.75) is 19.4 Å². The van der Waals surface area contributed by atoms with Crippen LogP contribution in [0.5, 0.6) is 0 Å². The van der Waals surface area contributed by atoms with Crippen molar-refractivity contribution < 1.29 is 4.79 Å². The largest absolute Gasteiger partial charge is 0.357 e. The number of likely N-dealkylation sites (N-methyl/N-ethyl adjacent to an activating group) is 1. The Bertz CT molecular complexity index is 506. The van der Waals surface area contributed by atoms with E-state index in [0.717, 1.165) is 0 Å². The zero-order chi connectivity index (χ0) is 14.2. The van der Waals surface area contributed by atoms with Gasteiger partial charge in [0.1, 0.15) is 5.54 Å². The number of nitrogens with one attached hydrogen (secondary N) is 1. The highest BCUT2D eigenvalue weighted by molar-refractivity contribution is 6.28. The maximum absolute atomic E-state index is 12.2. The van der Waals surface area contributed by atoms with Crippen LogP contribution < -0.4 is 10.2 Å². The fourth-order valence-electron chi connectivity index (χ4n) is 2.14. The summed E-state index contributed by atoms with van der Waals surface area (Å²) in [7, 11) is 3.50. The lowest BCUT2D eigenvalue weighted by Crippen LogP contribution is -2.62. The van der Waals surface area contributed by atoms with Crippen molar-refractivity contribution in [3.05, 3.63) is 5.28 Å². The van der Waals surface area contributed by atoms with E-state index in [1.165, 1.54) is 0 Å². The van der Waals surface area contributed by atoms with Crippen LogP contribution in [0.15, 0.2) is 0 Å². The number of amides is 1. The number of hydrogen-bond donors (Lipinski definition) is 1. The van der Waals surface area contributed by atoms with Crippen LogP contribution in [0.2, 0.25) is 5.28 Å². The van der Waals surface area contributed by atoms with Crippen LogP contribution >= 0.6 is 11.6 Å². The third kappa shape index (κ3) is 2.42. The fraction of sp³-hybridized carbons (Fsp3) is 0.636. The maximum atomic E-state index is 12.2. The number of rotatable bonds is 2. The van der Waals surface area contributed by atoms with Crippen molar-refractivity contribution >= 4 is 29.4 Å². The molecule has 7 nitrogen and oxygen atoms in total. The van der Waals surface area contributed by atoms with Gasteiger partial charge in [0.2, 0.25) is 23.1 Å². The molecule has 19 heavy (non-hydrogen) atoms. The molecule has 0 saturated carbocycles. The zero-order valence-corrected chi connectivity index (χ0v) is 12.2. The number of nitrogens with zero attached hydrogens (tertiary/aromatic N) is 5. The molecule has 1 aliphatic heterocycles. The molecular weight excluding hydrogens is 268 g/mol. The normalized spacial score (nSPS) is 18.7. The molecule has 1 amide bonds. The SMILES string of the molecule is CNc1nc(Cl)nc(N2CCN(C)C(=O)C2(C)C)n1. The van der Waals surface area contributed by atoms with E-state index >= 15 is 0 Å². The van der Waals surface area contributed by atoms with E-state index in [1.807, 2.05) is 18.7 Å². The topological polar surface area (TPSA) is 74.2 Å². The third-order valence-corrected chi connectivity index (χ3v) is 3.43. The third-order valence-electron chi connectivity index (χ3n) is 3.27. The second-order valence-electron chi connectivity index (χ2n) is 4.92. The summed E-state index contributed by atoms with van der Waals surface area (Å²) in [5.74, 6) is 0.828. The van der Waals surface area contributed by atoms with Gasteiger partial charge in [0.05, 0.1) is 0 Å². The van der Waals surface area contributed by atoms with E-state index in [1.54, 1.807) is 19.0 Å². The molecule has 0 aromatic carbocycles. The lowest BCUT2D eigenvalue weighted by atomic mass is 9.98. The first-order valence-electron chi connectivity index (χ1n) is 5.99. The lowest BCUT2D eigenvalue weighted by Gasteiger charge is -2.44. The molecule has 0 atom stereocenters. The van der Waals surface area contributed by atoms with E-state index < -0.39 is 5.54 Å². The number of halogens is 1. The lowest BCUT2D eigenvalue weighted by molar-refractivity contribution is -0.136. The average molecular weight is 285 g/mol. The molecule has 0 bridgehead atoms. The molecule has 1 N–H and O–H groups in total. The number of carbonyl (C=O) groups is 1. The van der Waals surface area contributed by atoms with Crippen LogP contribution in [0.3, 0.4) is 0 Å². The van der Waals surface area contributed by atoms with Crippen molar-refractivity contribution in [3.63, 3.8) is 0 Å². The highest BCUT2D eigenvalue weighted by Crippen LogP contribution is 2.26. The van der Waals surface area contributed by atoms with Gasteiger partial charge in [0.25, 0.3) is 0 Å². The van der Waals surface area contributed by atoms with Gasteiger partial charge in [0, 0.05) is 27.2 Å². The summed E-state index contributed by atoms with van der Waals surface area (Å²) in [5.41, 5.74) is -0.706. The molecular formula is C11H17ClN6O. The van der Waals surface area contributed by atoms with Crippen molar-refractivity contribution in [2.75, 3.05) is 37.4 Å². The Balaban J connectivity index is 2.41. The molecule has 1 aliphatic rings. The van der Waals surface area contributed by atoms with Gasteiger partial charge in [-0.25, -0.2) is 0 Å². The van der Waals surface area contributed by atoms with Crippen molar-refractivity contribution in [1.29, 1.82) is 0 Å². The van der Waals surface area contributed by atoms with Gasteiger partial charge >= 0.3 is 0 Å². The van der Waals surface area contributed by atoms with Gasteiger partial charge in [-0.3, -0.25) is 4.79 Å². The minimum Gasteiger partial charge on any atom is -0.357 e. The molecule has 8 heteroatoms. The summed E-state index contributed by atoms with van der Waals surface area (Å²) in [4.78, 5) is 28.1. The van der Waals surface area contributed by atoms with Crippen LogP contribution in [0.1, 0.15) is 13.8 Å². The van der Waals surface area contributed by atoms with E-state index in [4.69, 9.17) is 11.6 Å². The first-order chi connectivity index (χ1) is 8.86. The molecule has 0 radical (unpaired) electrons. The Kier molecular flexibility index (Phi) is 3.49. The van der Waals surface area contributed by atoms with E-state index in [9.17, 15) is 4.79 Å². The van der Waals surface area contributed by atoms with Gasteiger partial charge in [-0.05, 0) is 25.4 Å². The first kappa shape index (κ1) is 13.8. The molecule has 0 aliphatic carbocycles. The van der Waals surface area contributed by atoms with Gasteiger partial charge in [-0.2, -0.15) is 15.0 Å². The first-order valence-corrected chi connectivity index (χ1v) is 6.36. The molecule has 1 aromatic heterocycles. The highest BCUT2D eigenvalue weighted by atomic mass is 35.5. The minimum absolute atomic E-state index is 0.0290. The number of hydrogen-bond acceptors (Lipinski definition) is 6. The molecule has 1 fully saturated rings. The zero-order valence-electron chi connectivity index (χ0n) is 11.4. The monoisotopic (exact) mass is 284 g/mol. The molecule has 2 rings (SSSR count). The van der Waals surface area contributed by atoms with Gasteiger partial charge in [-0.15, -0.1) is 0 Å². The summed E-state index contributed by atoms with van der Waals surface area (Å²) in [6, 6.07) is 0. The Morgan fingerprint density at radius 1 is 1.26 bits per heavy atom. The molecule has 1 saturated heterocycles. The number of aromatic nitrogens is 3. The summed E-state index contributed by atoms with van der Waals surface area (Å²) >= 11 is 5.88. The fourth-order valence-corrected chi connectivity index (χ4v) is 2.29. The van der Waals surface area contributed by atoms with Crippen LogP contribution in [-0.2, 0) is 4.79 Å². The average Bonchev–Trinajstić information content (AvgIpc) is 2.35. The van der Waals surface area contributed by atoms with Crippen molar-refractivity contribution in [1.82, 2.24) is 19.9 Å². The van der Waals surface area contributed by atoms with Gasteiger partial charge < -0.3 is 15.1 Å². The van der Waals surface area contributed by atoms with Crippen LogP contribution in [0, 0.1) is 0 Å². The van der Waals surface area contributed by atoms with E-state index in [0.29, 0.717) is 25.0 Å². The number of carbonyl (C=O) groups excluding carboxylic acids is 1. The Morgan fingerprint density at radius 3 is 2.58 bits per heavy atom. The van der Waals surface area contributed by atoms with E-state index in [2.05, 4.69) is 20.3 Å². The summed E-state index contributed by atoms with van der Waals surface area (Å²) in [5, 5.41) is 2.93. The molecule has 0 unspecified atom stereocenters. The Hall–Kier alpha value is -1.63. The number of piperazine rings is 1. The van der Waals surface area contributed by atoms with Crippen LogP contribution in [0.25, 0.3) is 0 Å². The van der Waals surface area contributed by atoms with Crippen molar-refractivity contribution in [2.24, 2.45) is 0 Å². The standard InChI is InChI=1S/C11H17ClN6O/c1-11(2)7(19)17(4)5-6-18(11)10-15-8(12)14-9(13-3)16-10/h5-6H2,1-4H3,(H,13,14,15,16). The van der Waals surface area contributed by atoms with Gasteiger partial charge in [0.15, 0.2) is 0 Å². The molecule has 0 spiro atoms. The van der Waals surface area contributed by atoms with Crippen molar-refractivity contribution in [3.8, 4) is 0 Å². The van der Waals surface area contributed by atoms with Gasteiger partial charge in [-0.1, -0.05) is 0 Å². The Morgan fingerprint density at radius 2 is 1.95 bits per heavy atom. The predicted octanol–water partition coefficient (Wildman–Crippen LogP) is 0.624. The quantitative estimate of drug-likeness (QED) is 0.858. The number of anilines is 2. The smallest absolute Gasteiger partial charge is 0.247 e. The summed E-state index contributed by atoms with van der Waals surface area (Å²) in [6.45, 7) is 4.97. The van der Waals surface area contributed by atoms with E-state index in [-0.39, 0.29) is 11.2 Å². The maximum Gasteiger partial charge on any atom is 0.247 e. The Labute approximate surface area is 117 Å².